The van der Waals surface area contributed by atoms with Crippen LogP contribution in [0.25, 0.3) is 0 Å². The van der Waals surface area contributed by atoms with Gasteiger partial charge < -0.3 is 14.7 Å². The first-order valence-corrected chi connectivity index (χ1v) is 5.77. The molecule has 0 amide bonds. The molecule has 3 nitrogen and oxygen atoms in total. The van der Waals surface area contributed by atoms with Gasteiger partial charge in [0.2, 0.25) is 0 Å². The van der Waals surface area contributed by atoms with Crippen molar-refractivity contribution >= 4 is 0 Å². The first kappa shape index (κ1) is 11.6. The van der Waals surface area contributed by atoms with Crippen LogP contribution in [-0.2, 0) is 4.74 Å². The summed E-state index contributed by atoms with van der Waals surface area (Å²) < 4.78 is 5.70. The molecule has 0 bridgehead atoms. The van der Waals surface area contributed by atoms with E-state index in [1.807, 2.05) is 18.2 Å². The average molecular weight is 221 g/mol. The van der Waals surface area contributed by atoms with Crippen molar-refractivity contribution in [3.63, 3.8) is 0 Å². The molecule has 1 aromatic rings. The summed E-state index contributed by atoms with van der Waals surface area (Å²) in [5.74, 6) is 0.263. The van der Waals surface area contributed by atoms with Crippen LogP contribution in [0, 0.1) is 0 Å². The number of aliphatic hydroxyl groups is 1. The molecule has 2 atom stereocenters. The molecule has 16 heavy (non-hydrogen) atoms. The van der Waals surface area contributed by atoms with Gasteiger partial charge in [-0.1, -0.05) is 30.3 Å². The van der Waals surface area contributed by atoms with Gasteiger partial charge in [0.25, 0.3) is 0 Å². The molecule has 0 radical (unpaired) electrons. The molecular weight excluding hydrogens is 202 g/mol. The molecule has 1 saturated heterocycles. The highest BCUT2D eigenvalue weighted by Gasteiger charge is 2.27. The molecule has 0 spiro atoms. The highest BCUT2D eigenvalue weighted by molar-refractivity contribution is 5.21. The first-order valence-electron chi connectivity index (χ1n) is 5.77. The van der Waals surface area contributed by atoms with Crippen LogP contribution < -0.4 is 0 Å². The standard InChI is InChI=1S/C13H19NO2/c1-14-7-8-16-13(10-15)12(9-14)11-5-3-2-4-6-11/h2-6,12-13,15H,7-10H2,1H3/t12?,13-/m1/s1. The zero-order valence-corrected chi connectivity index (χ0v) is 9.67. The van der Waals surface area contributed by atoms with Gasteiger partial charge in [-0.25, -0.2) is 0 Å². The van der Waals surface area contributed by atoms with Crippen LogP contribution in [0.15, 0.2) is 30.3 Å². The van der Waals surface area contributed by atoms with Crippen LogP contribution >= 0.6 is 0 Å². The molecule has 0 aliphatic carbocycles. The maximum atomic E-state index is 9.39. The van der Waals surface area contributed by atoms with E-state index >= 15 is 0 Å². The third-order valence-electron chi connectivity index (χ3n) is 3.17. The third kappa shape index (κ3) is 2.61. The lowest BCUT2D eigenvalue weighted by atomic mass is 9.93. The number of aliphatic hydroxyl groups excluding tert-OH is 1. The molecule has 1 N–H and O–H groups in total. The molecule has 0 aromatic heterocycles. The smallest absolute Gasteiger partial charge is 0.0886 e. The van der Waals surface area contributed by atoms with Crippen molar-refractivity contribution in [1.29, 1.82) is 0 Å². The second-order valence-corrected chi connectivity index (χ2v) is 4.37. The summed E-state index contributed by atoms with van der Waals surface area (Å²) in [4.78, 5) is 2.26. The van der Waals surface area contributed by atoms with Crippen molar-refractivity contribution in [1.82, 2.24) is 4.90 Å². The number of ether oxygens (including phenoxy) is 1. The Bertz CT molecular complexity index is 315. The number of hydrogen-bond donors (Lipinski definition) is 1. The minimum atomic E-state index is -0.0765. The van der Waals surface area contributed by atoms with Gasteiger partial charge in [-0.3, -0.25) is 0 Å². The Morgan fingerprint density at radius 2 is 2.12 bits per heavy atom. The Morgan fingerprint density at radius 3 is 2.81 bits per heavy atom. The lowest BCUT2D eigenvalue weighted by Crippen LogP contribution is -2.30. The second kappa shape index (κ2) is 5.43. The van der Waals surface area contributed by atoms with Gasteiger partial charge in [0, 0.05) is 19.0 Å². The summed E-state index contributed by atoms with van der Waals surface area (Å²) in [7, 11) is 2.10. The van der Waals surface area contributed by atoms with E-state index in [0.717, 1.165) is 13.1 Å². The van der Waals surface area contributed by atoms with E-state index in [9.17, 15) is 5.11 Å². The lowest BCUT2D eigenvalue weighted by molar-refractivity contribution is 0.0105. The molecule has 1 fully saturated rings. The fraction of sp³-hybridized carbons (Fsp3) is 0.538. The summed E-state index contributed by atoms with van der Waals surface area (Å²) in [5, 5.41) is 9.39. The molecular formula is C13H19NO2. The van der Waals surface area contributed by atoms with Gasteiger partial charge in [0.05, 0.1) is 19.3 Å². The highest BCUT2D eigenvalue weighted by Crippen LogP contribution is 2.24. The Balaban J connectivity index is 2.20. The van der Waals surface area contributed by atoms with Gasteiger partial charge in [-0.15, -0.1) is 0 Å². The van der Waals surface area contributed by atoms with Crippen LogP contribution in [0.5, 0.6) is 0 Å². The number of hydrogen-bond acceptors (Lipinski definition) is 3. The Labute approximate surface area is 96.6 Å². The van der Waals surface area contributed by atoms with Gasteiger partial charge in [0.1, 0.15) is 0 Å². The highest BCUT2D eigenvalue weighted by atomic mass is 16.5. The zero-order valence-electron chi connectivity index (χ0n) is 9.67. The monoisotopic (exact) mass is 221 g/mol. The molecule has 1 unspecified atom stereocenters. The van der Waals surface area contributed by atoms with E-state index in [0.29, 0.717) is 6.61 Å². The molecule has 1 heterocycles. The second-order valence-electron chi connectivity index (χ2n) is 4.37. The minimum absolute atomic E-state index is 0.0765. The SMILES string of the molecule is CN1CCO[C@H](CO)C(c2ccccc2)C1. The molecule has 1 aliphatic rings. The van der Waals surface area contributed by atoms with Crippen molar-refractivity contribution in [2.45, 2.75) is 12.0 Å². The van der Waals surface area contributed by atoms with E-state index in [2.05, 4.69) is 24.1 Å². The van der Waals surface area contributed by atoms with E-state index in [4.69, 9.17) is 4.74 Å². The molecule has 2 rings (SSSR count). The minimum Gasteiger partial charge on any atom is -0.394 e. The number of nitrogens with zero attached hydrogens (tertiary/aromatic N) is 1. The van der Waals surface area contributed by atoms with Crippen LogP contribution in [0.3, 0.4) is 0 Å². The summed E-state index contributed by atoms with van der Waals surface area (Å²) in [6.45, 7) is 2.66. The largest absolute Gasteiger partial charge is 0.394 e. The van der Waals surface area contributed by atoms with E-state index in [-0.39, 0.29) is 18.6 Å². The maximum Gasteiger partial charge on any atom is 0.0886 e. The summed E-state index contributed by atoms with van der Waals surface area (Å²) >= 11 is 0. The van der Waals surface area contributed by atoms with Crippen molar-refractivity contribution in [3.8, 4) is 0 Å². The van der Waals surface area contributed by atoms with E-state index < -0.39 is 0 Å². The van der Waals surface area contributed by atoms with E-state index in [1.165, 1.54) is 5.56 Å². The molecule has 0 saturated carbocycles. The molecule has 3 heteroatoms. The normalized spacial score (nSPS) is 27.6. The number of rotatable bonds is 2. The Hall–Kier alpha value is -0.900. The van der Waals surface area contributed by atoms with Crippen LogP contribution in [0.4, 0.5) is 0 Å². The van der Waals surface area contributed by atoms with Crippen molar-refractivity contribution in [3.05, 3.63) is 35.9 Å². The topological polar surface area (TPSA) is 32.7 Å². The quantitative estimate of drug-likeness (QED) is 0.811. The van der Waals surface area contributed by atoms with Crippen molar-refractivity contribution in [2.24, 2.45) is 0 Å². The van der Waals surface area contributed by atoms with Crippen LogP contribution in [-0.4, -0.2) is 49.5 Å². The number of likely N-dealkylation sites (N-methyl/N-ethyl adjacent to an activating group) is 1. The first-order chi connectivity index (χ1) is 7.81. The summed E-state index contributed by atoms with van der Waals surface area (Å²) in [6, 6.07) is 10.3. The summed E-state index contributed by atoms with van der Waals surface area (Å²) in [5.41, 5.74) is 1.25. The van der Waals surface area contributed by atoms with Gasteiger partial charge in [0.15, 0.2) is 0 Å². The molecule has 1 aliphatic heterocycles. The van der Waals surface area contributed by atoms with Crippen molar-refractivity contribution in [2.75, 3.05) is 33.4 Å². The van der Waals surface area contributed by atoms with E-state index in [1.54, 1.807) is 0 Å². The third-order valence-corrected chi connectivity index (χ3v) is 3.17. The Morgan fingerprint density at radius 1 is 1.38 bits per heavy atom. The zero-order chi connectivity index (χ0) is 11.4. The van der Waals surface area contributed by atoms with Crippen LogP contribution in [0.2, 0.25) is 0 Å². The predicted molar refractivity (Wildman–Crippen MR) is 63.5 cm³/mol. The maximum absolute atomic E-state index is 9.39. The summed E-state index contributed by atoms with van der Waals surface area (Å²) in [6.07, 6.45) is -0.0765. The predicted octanol–water partition coefficient (Wildman–Crippen LogP) is 1.09. The van der Waals surface area contributed by atoms with Crippen LogP contribution in [0.1, 0.15) is 11.5 Å². The molecule has 1 aromatic carbocycles. The van der Waals surface area contributed by atoms with Gasteiger partial charge >= 0.3 is 0 Å². The van der Waals surface area contributed by atoms with Gasteiger partial charge in [-0.05, 0) is 12.6 Å². The number of benzene rings is 1. The fourth-order valence-corrected chi connectivity index (χ4v) is 2.22. The average Bonchev–Trinajstić information content (AvgIpc) is 2.52. The van der Waals surface area contributed by atoms with Crippen molar-refractivity contribution < 1.29 is 9.84 Å². The fourth-order valence-electron chi connectivity index (χ4n) is 2.22. The van der Waals surface area contributed by atoms with Gasteiger partial charge in [-0.2, -0.15) is 0 Å². The Kier molecular flexibility index (Phi) is 3.93. The lowest BCUT2D eigenvalue weighted by Gasteiger charge is -2.25. The molecule has 88 valence electrons.